The highest BCUT2D eigenvalue weighted by Gasteiger charge is 1.91. The Hall–Kier alpha value is -1.18. The first kappa shape index (κ1) is 7.92. The van der Waals surface area contributed by atoms with Gasteiger partial charge in [-0.05, 0) is 19.1 Å². The average Bonchev–Trinajstić information content (AvgIpc) is 2.06. The van der Waals surface area contributed by atoms with Crippen LogP contribution in [0.4, 0.5) is 5.69 Å². The summed E-state index contributed by atoms with van der Waals surface area (Å²) in [7, 11) is 1.65. The van der Waals surface area contributed by atoms with Crippen molar-refractivity contribution in [3.8, 4) is 5.75 Å². The van der Waals surface area contributed by atoms with Crippen LogP contribution < -0.4 is 10.1 Å². The number of benzene rings is 1. The molecule has 0 spiro atoms. The van der Waals surface area contributed by atoms with Crippen molar-refractivity contribution in [2.24, 2.45) is 0 Å². The average molecular weight is 149 g/mol. The highest BCUT2D eigenvalue weighted by molar-refractivity contribution is 5.48. The van der Waals surface area contributed by atoms with E-state index in [-0.39, 0.29) is 0 Å². The van der Waals surface area contributed by atoms with Crippen LogP contribution in [0.3, 0.4) is 0 Å². The number of hydrogen-bond acceptors (Lipinski definition) is 2. The summed E-state index contributed by atoms with van der Waals surface area (Å²) in [5.74, 6) is 0.852. The molecule has 0 fully saturated rings. The van der Waals surface area contributed by atoms with Crippen LogP contribution in [0, 0.1) is 6.54 Å². The van der Waals surface area contributed by atoms with Gasteiger partial charge in [0, 0.05) is 11.8 Å². The first-order valence-corrected chi connectivity index (χ1v) is 3.43. The van der Waals surface area contributed by atoms with Gasteiger partial charge in [0.1, 0.15) is 5.75 Å². The molecule has 0 unspecified atom stereocenters. The molecular formula is C9H11NO. The lowest BCUT2D eigenvalue weighted by Gasteiger charge is -2.03. The number of anilines is 1. The second-order valence-electron chi connectivity index (χ2n) is 2.11. The third-order valence-electron chi connectivity index (χ3n) is 1.34. The first-order valence-electron chi connectivity index (χ1n) is 3.43. The number of nitrogens with one attached hydrogen (secondary N) is 1. The van der Waals surface area contributed by atoms with Gasteiger partial charge in [-0.3, -0.25) is 0 Å². The lowest BCUT2D eigenvalue weighted by molar-refractivity contribution is 0.415. The molecule has 2 nitrogen and oxygen atoms in total. The van der Waals surface area contributed by atoms with Crippen LogP contribution >= 0.6 is 0 Å². The summed E-state index contributed by atoms with van der Waals surface area (Å²) in [6.45, 7) is 4.65. The lowest BCUT2D eigenvalue weighted by Crippen LogP contribution is -1.90. The molecule has 0 heterocycles. The van der Waals surface area contributed by atoms with E-state index in [2.05, 4.69) is 11.9 Å². The summed E-state index contributed by atoms with van der Waals surface area (Å²) < 4.78 is 5.03. The van der Waals surface area contributed by atoms with Gasteiger partial charge in [-0.2, -0.15) is 0 Å². The molecule has 0 bridgehead atoms. The molecule has 0 atom stereocenters. The Kier molecular flexibility index (Phi) is 2.78. The summed E-state index contributed by atoms with van der Waals surface area (Å²) in [5, 5.41) is 2.95. The van der Waals surface area contributed by atoms with Crippen molar-refractivity contribution in [2.75, 3.05) is 12.4 Å². The van der Waals surface area contributed by atoms with E-state index in [0.717, 1.165) is 11.4 Å². The third-order valence-corrected chi connectivity index (χ3v) is 1.34. The molecule has 0 aliphatic heterocycles. The van der Waals surface area contributed by atoms with E-state index in [9.17, 15) is 0 Å². The third kappa shape index (κ3) is 2.15. The Balaban J connectivity index is 2.74. The van der Waals surface area contributed by atoms with Gasteiger partial charge in [0.15, 0.2) is 0 Å². The maximum absolute atomic E-state index is 5.03. The summed E-state index contributed by atoms with van der Waals surface area (Å²) in [6, 6.07) is 7.70. The van der Waals surface area contributed by atoms with E-state index in [1.165, 1.54) is 0 Å². The maximum Gasteiger partial charge on any atom is 0.120 e. The fourth-order valence-electron chi connectivity index (χ4n) is 0.845. The van der Waals surface area contributed by atoms with Crippen LogP contribution in [-0.4, -0.2) is 7.11 Å². The fraction of sp³-hybridized carbons (Fsp3) is 0.222. The number of hydrogen-bond donors (Lipinski definition) is 1. The molecule has 11 heavy (non-hydrogen) atoms. The summed E-state index contributed by atoms with van der Waals surface area (Å²) in [5.41, 5.74) is 0.992. The predicted molar refractivity (Wildman–Crippen MR) is 45.5 cm³/mol. The summed E-state index contributed by atoms with van der Waals surface area (Å²) >= 11 is 0. The van der Waals surface area contributed by atoms with Gasteiger partial charge in [0.25, 0.3) is 0 Å². The molecular weight excluding hydrogens is 138 g/mol. The van der Waals surface area contributed by atoms with Crippen molar-refractivity contribution in [3.63, 3.8) is 0 Å². The largest absolute Gasteiger partial charge is 0.497 e. The van der Waals surface area contributed by atoms with Gasteiger partial charge in [-0.1, -0.05) is 6.07 Å². The summed E-state index contributed by atoms with van der Waals surface area (Å²) in [4.78, 5) is 0. The molecule has 0 saturated heterocycles. The highest BCUT2D eigenvalue weighted by Crippen LogP contribution is 2.16. The fourth-order valence-corrected chi connectivity index (χ4v) is 0.845. The number of methoxy groups -OCH3 is 1. The van der Waals surface area contributed by atoms with Crippen molar-refractivity contribution in [1.82, 2.24) is 0 Å². The Morgan fingerprint density at radius 3 is 2.91 bits per heavy atom. The van der Waals surface area contributed by atoms with E-state index in [1.807, 2.05) is 31.2 Å². The summed E-state index contributed by atoms with van der Waals surface area (Å²) in [6.07, 6.45) is 0. The molecule has 0 aliphatic carbocycles. The monoisotopic (exact) mass is 149 g/mol. The zero-order chi connectivity index (χ0) is 8.10. The van der Waals surface area contributed by atoms with Gasteiger partial charge < -0.3 is 10.1 Å². The second-order valence-corrected chi connectivity index (χ2v) is 2.11. The van der Waals surface area contributed by atoms with Crippen LogP contribution in [0.25, 0.3) is 0 Å². The normalized spacial score (nSPS) is 9.27. The van der Waals surface area contributed by atoms with Crippen LogP contribution in [-0.2, 0) is 0 Å². The van der Waals surface area contributed by atoms with Crippen molar-refractivity contribution < 1.29 is 4.74 Å². The molecule has 1 N–H and O–H groups in total. The van der Waals surface area contributed by atoms with Crippen molar-refractivity contribution >= 4 is 5.69 Å². The number of ether oxygens (including phenoxy) is 1. The molecule has 1 aromatic carbocycles. The van der Waals surface area contributed by atoms with Gasteiger partial charge in [-0.25, -0.2) is 0 Å². The molecule has 1 aromatic rings. The first-order chi connectivity index (χ1) is 5.36. The maximum atomic E-state index is 5.03. The van der Waals surface area contributed by atoms with Crippen molar-refractivity contribution in [3.05, 3.63) is 30.8 Å². The second kappa shape index (κ2) is 3.86. The van der Waals surface area contributed by atoms with Gasteiger partial charge >= 0.3 is 0 Å². The molecule has 2 heteroatoms. The SMILES string of the molecule is C[C]Nc1cccc(OC)c1. The minimum atomic E-state index is 0.852. The minimum absolute atomic E-state index is 0.852. The lowest BCUT2D eigenvalue weighted by atomic mass is 10.3. The van der Waals surface area contributed by atoms with Gasteiger partial charge in [0.2, 0.25) is 0 Å². The standard InChI is InChI=1S/C9H11NO/c1-3-10-8-5-4-6-9(7-8)11-2/h4-7,10H,1-2H3. The smallest absolute Gasteiger partial charge is 0.120 e. The van der Waals surface area contributed by atoms with E-state index in [0.29, 0.717) is 0 Å². The predicted octanol–water partition coefficient (Wildman–Crippen LogP) is 2.17. The van der Waals surface area contributed by atoms with Crippen molar-refractivity contribution in [1.29, 1.82) is 0 Å². The van der Waals surface area contributed by atoms with Crippen LogP contribution in [0.15, 0.2) is 24.3 Å². The van der Waals surface area contributed by atoms with E-state index < -0.39 is 0 Å². The molecule has 0 aromatic heterocycles. The van der Waals surface area contributed by atoms with Gasteiger partial charge in [-0.15, -0.1) is 0 Å². The zero-order valence-corrected chi connectivity index (χ0v) is 6.72. The van der Waals surface area contributed by atoms with Crippen molar-refractivity contribution in [2.45, 2.75) is 6.92 Å². The topological polar surface area (TPSA) is 21.3 Å². The van der Waals surface area contributed by atoms with Gasteiger partial charge in [0.05, 0.1) is 13.7 Å². The molecule has 2 radical (unpaired) electrons. The Labute approximate surface area is 67.2 Å². The number of rotatable bonds is 3. The quantitative estimate of drug-likeness (QED) is 0.665. The molecule has 0 saturated carbocycles. The van der Waals surface area contributed by atoms with Crippen LogP contribution in [0.2, 0.25) is 0 Å². The van der Waals surface area contributed by atoms with Crippen LogP contribution in [0.5, 0.6) is 5.75 Å². The van der Waals surface area contributed by atoms with E-state index in [1.54, 1.807) is 7.11 Å². The Bertz CT molecular complexity index is 223. The zero-order valence-electron chi connectivity index (χ0n) is 6.72. The minimum Gasteiger partial charge on any atom is -0.497 e. The Morgan fingerprint density at radius 1 is 1.45 bits per heavy atom. The van der Waals surface area contributed by atoms with E-state index in [4.69, 9.17) is 4.74 Å². The van der Waals surface area contributed by atoms with Crippen LogP contribution in [0.1, 0.15) is 6.92 Å². The Morgan fingerprint density at radius 2 is 2.27 bits per heavy atom. The molecule has 58 valence electrons. The molecule has 0 aliphatic rings. The van der Waals surface area contributed by atoms with E-state index >= 15 is 0 Å². The highest BCUT2D eigenvalue weighted by atomic mass is 16.5. The molecule has 0 amide bonds. The molecule has 1 rings (SSSR count).